The zero-order valence-corrected chi connectivity index (χ0v) is 11.5. The summed E-state index contributed by atoms with van der Waals surface area (Å²) in [5, 5.41) is 12.1. The summed E-state index contributed by atoms with van der Waals surface area (Å²) in [5.41, 5.74) is 1.32. The lowest BCUT2D eigenvalue weighted by Crippen LogP contribution is -2.33. The number of hydrogen-bond acceptors (Lipinski definition) is 2. The molecule has 0 saturated carbocycles. The van der Waals surface area contributed by atoms with Crippen molar-refractivity contribution in [3.63, 3.8) is 0 Å². The third-order valence-electron chi connectivity index (χ3n) is 4.13. The van der Waals surface area contributed by atoms with Crippen LogP contribution in [-0.4, -0.2) is 23.1 Å². The van der Waals surface area contributed by atoms with Gasteiger partial charge in [0.25, 0.3) is 0 Å². The van der Waals surface area contributed by atoms with Crippen molar-refractivity contribution in [2.75, 3.05) is 13.1 Å². The number of rotatable bonds is 2. The Labute approximate surface area is 114 Å². The minimum atomic E-state index is 0.381. The van der Waals surface area contributed by atoms with Gasteiger partial charge >= 0.3 is 0 Å². The summed E-state index contributed by atoms with van der Waals surface area (Å²) >= 11 is 0. The molecule has 3 rings (SSSR count). The molecule has 1 saturated heterocycles. The molecule has 2 aromatic carbocycles. The molecule has 1 N–H and O–H groups in total. The molecule has 0 aliphatic carbocycles. The molecule has 2 heteroatoms. The second-order valence-corrected chi connectivity index (χ2v) is 5.77. The van der Waals surface area contributed by atoms with Crippen LogP contribution in [0.1, 0.15) is 25.3 Å². The van der Waals surface area contributed by atoms with Gasteiger partial charge in [0.05, 0.1) is 0 Å². The van der Waals surface area contributed by atoms with Gasteiger partial charge in [-0.3, -0.25) is 4.90 Å². The Bertz CT molecular complexity index is 578. The first-order chi connectivity index (χ1) is 9.24. The topological polar surface area (TPSA) is 23.5 Å². The monoisotopic (exact) mass is 255 g/mol. The number of fused-ring (bicyclic) bond motifs is 1. The lowest BCUT2D eigenvalue weighted by Gasteiger charge is -2.31. The van der Waals surface area contributed by atoms with Crippen LogP contribution in [0.3, 0.4) is 0 Å². The first kappa shape index (κ1) is 12.5. The predicted molar refractivity (Wildman–Crippen MR) is 79.3 cm³/mol. The number of nitrogens with zero attached hydrogens (tertiary/aromatic N) is 1. The maximum absolute atomic E-state index is 9.93. The molecule has 0 bridgehead atoms. The average molecular weight is 255 g/mol. The van der Waals surface area contributed by atoms with Crippen molar-refractivity contribution >= 4 is 10.8 Å². The Hall–Kier alpha value is -1.54. The third kappa shape index (κ3) is 2.59. The van der Waals surface area contributed by atoms with E-state index < -0.39 is 0 Å². The van der Waals surface area contributed by atoms with Gasteiger partial charge in [-0.15, -0.1) is 0 Å². The predicted octanol–water partition coefficient (Wildman–Crippen LogP) is 3.78. The van der Waals surface area contributed by atoms with Crippen molar-refractivity contribution in [1.82, 2.24) is 4.90 Å². The highest BCUT2D eigenvalue weighted by molar-refractivity contribution is 5.90. The van der Waals surface area contributed by atoms with Gasteiger partial charge in [0.1, 0.15) is 5.75 Å². The SMILES string of the molecule is C[C@@H]1CCCN(Cc2ccc(O)c3ccccc23)C1. The molecule has 100 valence electrons. The van der Waals surface area contributed by atoms with Crippen molar-refractivity contribution in [2.24, 2.45) is 5.92 Å². The summed E-state index contributed by atoms with van der Waals surface area (Å²) in [7, 11) is 0. The van der Waals surface area contributed by atoms with Crippen LogP contribution in [0.2, 0.25) is 0 Å². The fourth-order valence-corrected chi connectivity index (χ4v) is 3.15. The molecule has 1 atom stereocenters. The Balaban J connectivity index is 1.90. The van der Waals surface area contributed by atoms with E-state index in [0.29, 0.717) is 5.75 Å². The molecule has 0 radical (unpaired) electrons. The van der Waals surface area contributed by atoms with Crippen LogP contribution in [0.15, 0.2) is 36.4 Å². The van der Waals surface area contributed by atoms with Crippen molar-refractivity contribution in [2.45, 2.75) is 26.3 Å². The zero-order chi connectivity index (χ0) is 13.2. The van der Waals surface area contributed by atoms with E-state index in [4.69, 9.17) is 0 Å². The van der Waals surface area contributed by atoms with Crippen LogP contribution in [-0.2, 0) is 6.54 Å². The molecule has 0 amide bonds. The lowest BCUT2D eigenvalue weighted by atomic mass is 9.98. The quantitative estimate of drug-likeness (QED) is 0.882. The van der Waals surface area contributed by atoms with Gasteiger partial charge in [-0.05, 0) is 42.3 Å². The number of likely N-dealkylation sites (tertiary alicyclic amines) is 1. The van der Waals surface area contributed by atoms with Crippen LogP contribution in [0.25, 0.3) is 10.8 Å². The molecule has 1 fully saturated rings. The Morgan fingerprint density at radius 2 is 1.95 bits per heavy atom. The molecule has 2 nitrogen and oxygen atoms in total. The van der Waals surface area contributed by atoms with Crippen molar-refractivity contribution in [3.05, 3.63) is 42.0 Å². The first-order valence-electron chi connectivity index (χ1n) is 7.16. The summed E-state index contributed by atoms with van der Waals surface area (Å²) in [6.07, 6.45) is 2.66. The van der Waals surface area contributed by atoms with E-state index in [2.05, 4.69) is 24.0 Å². The van der Waals surface area contributed by atoms with Crippen molar-refractivity contribution < 1.29 is 5.11 Å². The molecular weight excluding hydrogens is 234 g/mol. The van der Waals surface area contributed by atoms with Crippen LogP contribution < -0.4 is 0 Å². The number of phenols is 1. The Kier molecular flexibility index (Phi) is 3.43. The van der Waals surface area contributed by atoms with E-state index >= 15 is 0 Å². The van der Waals surface area contributed by atoms with Gasteiger partial charge < -0.3 is 5.11 Å². The van der Waals surface area contributed by atoms with Gasteiger partial charge in [0.2, 0.25) is 0 Å². The minimum absolute atomic E-state index is 0.381. The third-order valence-corrected chi connectivity index (χ3v) is 4.13. The number of aromatic hydroxyl groups is 1. The van der Waals surface area contributed by atoms with E-state index in [1.165, 1.54) is 36.9 Å². The second kappa shape index (κ2) is 5.22. The molecule has 0 unspecified atom stereocenters. The smallest absolute Gasteiger partial charge is 0.123 e. The van der Waals surface area contributed by atoms with Crippen LogP contribution >= 0.6 is 0 Å². The van der Waals surface area contributed by atoms with E-state index in [1.807, 2.05) is 24.3 Å². The maximum atomic E-state index is 9.93. The molecule has 1 aliphatic rings. The lowest BCUT2D eigenvalue weighted by molar-refractivity contribution is 0.177. The molecule has 0 spiro atoms. The van der Waals surface area contributed by atoms with Crippen LogP contribution in [0.4, 0.5) is 0 Å². The normalized spacial score (nSPS) is 20.8. The fraction of sp³-hybridized carbons (Fsp3) is 0.412. The summed E-state index contributed by atoms with van der Waals surface area (Å²) in [6.45, 7) is 5.71. The number of hydrogen-bond donors (Lipinski definition) is 1. The standard InChI is InChI=1S/C17H21NO/c1-13-5-4-10-18(11-13)12-14-8-9-17(19)16-7-3-2-6-15(14)16/h2-3,6-9,13,19H,4-5,10-12H2,1H3/t13-/m1/s1. The molecule has 0 aromatic heterocycles. The maximum Gasteiger partial charge on any atom is 0.123 e. The molecule has 1 heterocycles. The van der Waals surface area contributed by atoms with Crippen molar-refractivity contribution in [1.29, 1.82) is 0 Å². The summed E-state index contributed by atoms with van der Waals surface area (Å²) in [4.78, 5) is 2.53. The van der Waals surface area contributed by atoms with Crippen LogP contribution in [0.5, 0.6) is 5.75 Å². The number of piperidine rings is 1. The first-order valence-corrected chi connectivity index (χ1v) is 7.16. The Morgan fingerprint density at radius 1 is 1.16 bits per heavy atom. The largest absolute Gasteiger partial charge is 0.507 e. The zero-order valence-electron chi connectivity index (χ0n) is 11.5. The van der Waals surface area contributed by atoms with E-state index in [-0.39, 0.29) is 0 Å². The molecule has 19 heavy (non-hydrogen) atoms. The van der Waals surface area contributed by atoms with Gasteiger partial charge in [-0.25, -0.2) is 0 Å². The number of phenolic OH excluding ortho intramolecular Hbond substituents is 1. The summed E-state index contributed by atoms with van der Waals surface area (Å²) in [5.74, 6) is 1.18. The van der Waals surface area contributed by atoms with Gasteiger partial charge in [0, 0.05) is 18.5 Å². The van der Waals surface area contributed by atoms with E-state index in [9.17, 15) is 5.11 Å². The van der Waals surface area contributed by atoms with E-state index in [0.717, 1.165) is 17.8 Å². The minimum Gasteiger partial charge on any atom is -0.507 e. The number of benzene rings is 2. The highest BCUT2D eigenvalue weighted by Gasteiger charge is 2.17. The van der Waals surface area contributed by atoms with Gasteiger partial charge in [-0.2, -0.15) is 0 Å². The van der Waals surface area contributed by atoms with E-state index in [1.54, 1.807) is 0 Å². The second-order valence-electron chi connectivity index (χ2n) is 5.77. The Morgan fingerprint density at radius 3 is 2.74 bits per heavy atom. The van der Waals surface area contributed by atoms with Gasteiger partial charge in [0.15, 0.2) is 0 Å². The van der Waals surface area contributed by atoms with Crippen LogP contribution in [0, 0.1) is 5.92 Å². The fourth-order valence-electron chi connectivity index (χ4n) is 3.15. The summed E-state index contributed by atoms with van der Waals surface area (Å²) < 4.78 is 0. The average Bonchev–Trinajstić information content (AvgIpc) is 2.42. The highest BCUT2D eigenvalue weighted by Crippen LogP contribution is 2.29. The molecule has 2 aromatic rings. The van der Waals surface area contributed by atoms with Crippen molar-refractivity contribution in [3.8, 4) is 5.75 Å². The molecular formula is C17H21NO. The molecule has 1 aliphatic heterocycles. The van der Waals surface area contributed by atoms with Gasteiger partial charge in [-0.1, -0.05) is 37.3 Å². The highest BCUT2D eigenvalue weighted by atomic mass is 16.3. The summed E-state index contributed by atoms with van der Waals surface area (Å²) in [6, 6.07) is 12.0.